The van der Waals surface area contributed by atoms with E-state index in [4.69, 9.17) is 4.98 Å². The Balaban J connectivity index is 1.92. The van der Waals surface area contributed by atoms with Gasteiger partial charge in [-0.2, -0.15) is 0 Å². The molecule has 2 heteroatoms. The van der Waals surface area contributed by atoms with Crippen molar-refractivity contribution >= 4 is 23.4 Å². The van der Waals surface area contributed by atoms with Gasteiger partial charge in [0.05, 0.1) is 5.69 Å². The van der Waals surface area contributed by atoms with Gasteiger partial charge in [-0.05, 0) is 48.8 Å². The van der Waals surface area contributed by atoms with Crippen LogP contribution < -0.4 is 0 Å². The summed E-state index contributed by atoms with van der Waals surface area (Å²) in [6.07, 6.45) is 8.65. The largest absolute Gasteiger partial charge is 0.304 e. The van der Waals surface area contributed by atoms with Crippen LogP contribution >= 0.6 is 0 Å². The minimum absolute atomic E-state index is 1.03. The standard InChI is InChI=1S/C19H16N2/c1-13-14(2)21-11-5-7-17(19(21)20-13)12-16-10-9-15-6-3-4-8-18(15)16/h3-12H,1-2H3. The first-order valence-corrected chi connectivity index (χ1v) is 7.17. The van der Waals surface area contributed by atoms with Crippen molar-refractivity contribution in [3.8, 4) is 0 Å². The summed E-state index contributed by atoms with van der Waals surface area (Å²) in [6.45, 7) is 4.17. The molecular weight excluding hydrogens is 256 g/mol. The zero-order chi connectivity index (χ0) is 14.4. The zero-order valence-electron chi connectivity index (χ0n) is 12.2. The van der Waals surface area contributed by atoms with Gasteiger partial charge in [-0.1, -0.05) is 36.4 Å². The molecule has 0 spiro atoms. The number of hydrogen-bond acceptors (Lipinski definition) is 1. The Kier molecular flexibility index (Phi) is 2.58. The first-order valence-electron chi connectivity index (χ1n) is 7.17. The van der Waals surface area contributed by atoms with Crippen molar-refractivity contribution in [1.29, 1.82) is 0 Å². The summed E-state index contributed by atoms with van der Waals surface area (Å²) in [7, 11) is 0. The molecule has 0 atom stereocenters. The second-order valence-electron chi connectivity index (χ2n) is 5.46. The fourth-order valence-electron chi connectivity index (χ4n) is 2.90. The molecule has 2 nitrogen and oxygen atoms in total. The molecule has 0 fully saturated rings. The van der Waals surface area contributed by atoms with Gasteiger partial charge in [0.2, 0.25) is 0 Å². The number of nitrogens with zero attached hydrogens (tertiary/aromatic N) is 2. The molecule has 0 bridgehead atoms. The summed E-state index contributed by atoms with van der Waals surface area (Å²) in [5.74, 6) is 0. The summed E-state index contributed by atoms with van der Waals surface area (Å²) in [4.78, 5) is 4.70. The highest BCUT2D eigenvalue weighted by Crippen LogP contribution is 2.31. The average Bonchev–Trinajstić information content (AvgIpc) is 3.03. The maximum atomic E-state index is 4.70. The molecule has 2 heterocycles. The van der Waals surface area contributed by atoms with E-state index in [9.17, 15) is 0 Å². The predicted molar refractivity (Wildman–Crippen MR) is 88.0 cm³/mol. The first-order chi connectivity index (χ1) is 10.2. The Morgan fingerprint density at radius 2 is 1.86 bits per heavy atom. The number of imidazole rings is 1. The number of pyridine rings is 1. The lowest BCUT2D eigenvalue weighted by molar-refractivity contribution is 1.09. The molecule has 1 aromatic carbocycles. The SMILES string of the molecule is Cc1nc2c(C=C3C=Cc4ccccc43)cccn2c1C. The summed E-state index contributed by atoms with van der Waals surface area (Å²) in [6, 6.07) is 12.7. The third-order valence-corrected chi connectivity index (χ3v) is 4.18. The molecule has 0 saturated heterocycles. The van der Waals surface area contributed by atoms with Gasteiger partial charge in [0, 0.05) is 17.5 Å². The molecule has 0 radical (unpaired) electrons. The van der Waals surface area contributed by atoms with Crippen LogP contribution in [0.3, 0.4) is 0 Å². The minimum atomic E-state index is 1.03. The van der Waals surface area contributed by atoms with Gasteiger partial charge >= 0.3 is 0 Å². The predicted octanol–water partition coefficient (Wildman–Crippen LogP) is 4.52. The van der Waals surface area contributed by atoms with Crippen LogP contribution in [-0.4, -0.2) is 9.38 Å². The van der Waals surface area contributed by atoms with Crippen LogP contribution in [0.15, 0.2) is 48.7 Å². The van der Waals surface area contributed by atoms with Gasteiger partial charge in [-0.15, -0.1) is 0 Å². The summed E-state index contributed by atoms with van der Waals surface area (Å²) < 4.78 is 2.16. The van der Waals surface area contributed by atoms with Crippen molar-refractivity contribution in [2.24, 2.45) is 0 Å². The van der Waals surface area contributed by atoms with Gasteiger partial charge in [-0.3, -0.25) is 0 Å². The van der Waals surface area contributed by atoms with Gasteiger partial charge in [0.25, 0.3) is 0 Å². The molecule has 0 unspecified atom stereocenters. The van der Waals surface area contributed by atoms with Crippen LogP contribution in [0, 0.1) is 13.8 Å². The second-order valence-corrected chi connectivity index (χ2v) is 5.46. The highest BCUT2D eigenvalue weighted by atomic mass is 15.0. The summed E-state index contributed by atoms with van der Waals surface area (Å²) in [5.41, 5.74) is 8.29. The molecule has 21 heavy (non-hydrogen) atoms. The summed E-state index contributed by atoms with van der Waals surface area (Å²) >= 11 is 0. The third-order valence-electron chi connectivity index (χ3n) is 4.18. The smallest absolute Gasteiger partial charge is 0.144 e. The molecule has 0 aliphatic heterocycles. The lowest BCUT2D eigenvalue weighted by Crippen LogP contribution is -1.89. The Morgan fingerprint density at radius 1 is 1.00 bits per heavy atom. The highest BCUT2D eigenvalue weighted by Gasteiger charge is 2.11. The highest BCUT2D eigenvalue weighted by molar-refractivity contribution is 5.98. The van der Waals surface area contributed by atoms with Crippen LogP contribution in [-0.2, 0) is 0 Å². The third kappa shape index (κ3) is 1.83. The van der Waals surface area contributed by atoms with E-state index in [1.165, 1.54) is 22.4 Å². The normalized spacial score (nSPS) is 15.0. The zero-order valence-corrected chi connectivity index (χ0v) is 12.2. The average molecular weight is 272 g/mol. The van der Waals surface area contributed by atoms with E-state index in [2.05, 4.69) is 79.1 Å². The van der Waals surface area contributed by atoms with E-state index in [1.807, 2.05) is 0 Å². The summed E-state index contributed by atoms with van der Waals surface area (Å²) in [5, 5.41) is 0. The fourth-order valence-corrected chi connectivity index (χ4v) is 2.90. The van der Waals surface area contributed by atoms with Crippen LogP contribution in [0.2, 0.25) is 0 Å². The van der Waals surface area contributed by atoms with Gasteiger partial charge in [0.15, 0.2) is 0 Å². The van der Waals surface area contributed by atoms with Crippen LogP contribution in [0.4, 0.5) is 0 Å². The van der Waals surface area contributed by atoms with Crippen molar-refractivity contribution in [2.75, 3.05) is 0 Å². The van der Waals surface area contributed by atoms with E-state index >= 15 is 0 Å². The van der Waals surface area contributed by atoms with Crippen molar-refractivity contribution in [3.63, 3.8) is 0 Å². The number of aryl methyl sites for hydroxylation is 2. The number of allylic oxidation sites excluding steroid dienone is 2. The number of hydrogen-bond donors (Lipinski definition) is 0. The Bertz CT molecular complexity index is 910. The maximum Gasteiger partial charge on any atom is 0.144 e. The van der Waals surface area contributed by atoms with Gasteiger partial charge < -0.3 is 4.40 Å². The number of fused-ring (bicyclic) bond motifs is 2. The molecule has 1 aliphatic carbocycles. The van der Waals surface area contributed by atoms with E-state index < -0.39 is 0 Å². The van der Waals surface area contributed by atoms with Crippen molar-refractivity contribution < 1.29 is 0 Å². The van der Waals surface area contributed by atoms with Crippen LogP contribution in [0.1, 0.15) is 28.1 Å². The van der Waals surface area contributed by atoms with Gasteiger partial charge in [0.1, 0.15) is 5.65 Å². The molecule has 1 aliphatic rings. The molecule has 0 N–H and O–H groups in total. The van der Waals surface area contributed by atoms with E-state index in [1.54, 1.807) is 0 Å². The van der Waals surface area contributed by atoms with Crippen molar-refractivity contribution in [1.82, 2.24) is 9.38 Å². The number of rotatable bonds is 1. The Hall–Kier alpha value is -2.61. The first kappa shape index (κ1) is 12.2. The van der Waals surface area contributed by atoms with Crippen LogP contribution in [0.25, 0.3) is 23.4 Å². The topological polar surface area (TPSA) is 17.3 Å². The fraction of sp³-hybridized carbons (Fsp3) is 0.105. The molecule has 3 aromatic rings. The molecule has 102 valence electrons. The van der Waals surface area contributed by atoms with Crippen molar-refractivity contribution in [3.05, 3.63) is 76.7 Å². The van der Waals surface area contributed by atoms with Crippen LogP contribution in [0.5, 0.6) is 0 Å². The number of aromatic nitrogens is 2. The maximum absolute atomic E-state index is 4.70. The lowest BCUT2D eigenvalue weighted by atomic mass is 10.0. The van der Waals surface area contributed by atoms with Gasteiger partial charge in [-0.25, -0.2) is 4.98 Å². The molecule has 2 aromatic heterocycles. The Morgan fingerprint density at radius 3 is 2.76 bits per heavy atom. The monoisotopic (exact) mass is 272 g/mol. The molecule has 0 amide bonds. The minimum Gasteiger partial charge on any atom is -0.304 e. The molecular formula is C19H16N2. The lowest BCUT2D eigenvalue weighted by Gasteiger charge is -2.03. The second kappa shape index (κ2) is 4.45. The van der Waals surface area contributed by atoms with E-state index in [0.29, 0.717) is 0 Å². The number of benzene rings is 1. The quantitative estimate of drug-likeness (QED) is 0.636. The van der Waals surface area contributed by atoms with E-state index in [0.717, 1.165) is 16.9 Å². The molecule has 4 rings (SSSR count). The molecule has 0 saturated carbocycles. The van der Waals surface area contributed by atoms with E-state index in [-0.39, 0.29) is 0 Å². The van der Waals surface area contributed by atoms with Crippen molar-refractivity contribution in [2.45, 2.75) is 13.8 Å². The Labute approximate surface area is 124 Å².